The van der Waals surface area contributed by atoms with Gasteiger partial charge in [0.15, 0.2) is 5.65 Å². The molecule has 9 heteroatoms. The molecule has 1 fully saturated rings. The molecule has 1 aliphatic heterocycles. The molecule has 0 saturated carbocycles. The number of anilines is 4. The van der Waals surface area contributed by atoms with E-state index in [4.69, 9.17) is 21.4 Å². The number of fused-ring (bicyclic) bond motifs is 1. The van der Waals surface area contributed by atoms with E-state index in [0.717, 1.165) is 54.1 Å². The van der Waals surface area contributed by atoms with Crippen molar-refractivity contribution >= 4 is 34.3 Å². The van der Waals surface area contributed by atoms with E-state index in [9.17, 15) is 0 Å². The molecule has 1 unspecified atom stereocenters. The van der Waals surface area contributed by atoms with Gasteiger partial charge in [0.1, 0.15) is 17.0 Å². The molecule has 9 nitrogen and oxygen atoms in total. The second-order valence-corrected chi connectivity index (χ2v) is 9.01. The molecule has 0 aliphatic carbocycles. The Labute approximate surface area is 208 Å². The van der Waals surface area contributed by atoms with E-state index in [1.54, 1.807) is 6.33 Å². The average molecular weight is 478 g/mol. The van der Waals surface area contributed by atoms with Gasteiger partial charge >= 0.3 is 0 Å². The van der Waals surface area contributed by atoms with Crippen LogP contribution in [0.25, 0.3) is 33.5 Å². The first kappa shape index (κ1) is 22.0. The smallest absolute Gasteiger partial charge is 0.229 e. The zero-order chi connectivity index (χ0) is 24.5. The lowest BCUT2D eigenvalue weighted by molar-refractivity contribution is 0.503. The first-order valence-corrected chi connectivity index (χ1v) is 12.0. The van der Waals surface area contributed by atoms with Gasteiger partial charge in [-0.15, -0.1) is 0 Å². The standard InChI is InChI=1S/C27H27N9/c28-19-8-5-13-36(15-19)22-12-11-18(14-30-22)24-25-26(32-16-31-25)35-27(34-24)33-21-10-4-9-20(23(21)29)17-6-2-1-3-7-17/h1-4,6-7,9-12,14,16,19H,5,8,13,15,28-29H2,(H2,31,32,33,34,35). The zero-order valence-electron chi connectivity index (χ0n) is 19.7. The van der Waals surface area contributed by atoms with E-state index in [1.165, 1.54) is 0 Å². The Morgan fingerprint density at radius 1 is 0.944 bits per heavy atom. The van der Waals surface area contributed by atoms with Crippen LogP contribution in [0.2, 0.25) is 0 Å². The van der Waals surface area contributed by atoms with E-state index in [1.807, 2.05) is 66.9 Å². The Hall–Kier alpha value is -4.50. The Morgan fingerprint density at radius 2 is 1.83 bits per heavy atom. The summed E-state index contributed by atoms with van der Waals surface area (Å²) >= 11 is 0. The highest BCUT2D eigenvalue weighted by Crippen LogP contribution is 2.34. The summed E-state index contributed by atoms with van der Waals surface area (Å²) in [5.74, 6) is 1.34. The van der Waals surface area contributed by atoms with E-state index in [2.05, 4.69) is 25.2 Å². The van der Waals surface area contributed by atoms with Crippen molar-refractivity contribution in [1.29, 1.82) is 0 Å². The fourth-order valence-electron chi connectivity index (χ4n) is 4.69. The molecule has 36 heavy (non-hydrogen) atoms. The molecule has 1 saturated heterocycles. The van der Waals surface area contributed by atoms with Crippen molar-refractivity contribution < 1.29 is 0 Å². The third kappa shape index (κ3) is 4.20. The summed E-state index contributed by atoms with van der Waals surface area (Å²) in [5, 5.41) is 3.30. The number of rotatable bonds is 5. The largest absolute Gasteiger partial charge is 0.397 e. The second-order valence-electron chi connectivity index (χ2n) is 9.01. The maximum Gasteiger partial charge on any atom is 0.229 e. The number of para-hydroxylation sites is 1. The monoisotopic (exact) mass is 477 g/mol. The fourth-order valence-corrected chi connectivity index (χ4v) is 4.69. The molecular weight excluding hydrogens is 450 g/mol. The first-order chi connectivity index (χ1) is 17.7. The summed E-state index contributed by atoms with van der Waals surface area (Å²) in [6.07, 6.45) is 5.59. The van der Waals surface area contributed by atoms with E-state index in [0.29, 0.717) is 28.5 Å². The zero-order valence-corrected chi connectivity index (χ0v) is 19.7. The summed E-state index contributed by atoms with van der Waals surface area (Å²) in [5.41, 5.74) is 18.9. The van der Waals surface area contributed by atoms with Gasteiger partial charge in [0.2, 0.25) is 5.95 Å². The minimum Gasteiger partial charge on any atom is -0.397 e. The van der Waals surface area contributed by atoms with Crippen molar-refractivity contribution in [3.63, 3.8) is 0 Å². The number of nitrogen functional groups attached to an aromatic ring is 1. The number of piperidine rings is 1. The van der Waals surface area contributed by atoms with Gasteiger partial charge in [0, 0.05) is 36.5 Å². The second kappa shape index (κ2) is 9.27. The Morgan fingerprint density at radius 3 is 2.64 bits per heavy atom. The third-order valence-corrected chi connectivity index (χ3v) is 6.52. The number of nitrogens with zero attached hydrogens (tertiary/aromatic N) is 5. The molecule has 6 rings (SSSR count). The van der Waals surface area contributed by atoms with E-state index in [-0.39, 0.29) is 6.04 Å². The molecule has 3 aromatic heterocycles. The van der Waals surface area contributed by atoms with Gasteiger partial charge in [-0.2, -0.15) is 4.98 Å². The molecule has 0 spiro atoms. The normalized spacial score (nSPS) is 15.8. The van der Waals surface area contributed by atoms with Crippen LogP contribution in [-0.4, -0.2) is 44.1 Å². The number of nitrogens with one attached hydrogen (secondary N) is 2. The number of nitrogens with two attached hydrogens (primary N) is 2. The fraction of sp³-hybridized carbons (Fsp3) is 0.185. The van der Waals surface area contributed by atoms with Crippen LogP contribution in [0, 0.1) is 0 Å². The molecule has 0 amide bonds. The molecule has 5 aromatic rings. The summed E-state index contributed by atoms with van der Waals surface area (Å²) in [4.78, 5) is 23.9. The summed E-state index contributed by atoms with van der Waals surface area (Å²) in [6.45, 7) is 1.79. The van der Waals surface area contributed by atoms with Gasteiger partial charge in [-0.3, -0.25) is 0 Å². The highest BCUT2D eigenvalue weighted by atomic mass is 15.2. The molecule has 180 valence electrons. The first-order valence-electron chi connectivity index (χ1n) is 12.0. The van der Waals surface area contributed by atoms with Crippen LogP contribution in [-0.2, 0) is 0 Å². The highest BCUT2D eigenvalue weighted by molar-refractivity contribution is 5.90. The lowest BCUT2D eigenvalue weighted by Crippen LogP contribution is -2.43. The number of H-pyrrole nitrogens is 1. The van der Waals surface area contributed by atoms with Gasteiger partial charge in [0.25, 0.3) is 0 Å². The number of hydrogen-bond acceptors (Lipinski definition) is 8. The van der Waals surface area contributed by atoms with Crippen LogP contribution in [0.1, 0.15) is 12.8 Å². The molecule has 1 aliphatic rings. The predicted octanol–water partition coefficient (Wildman–Crippen LogP) is 4.34. The van der Waals surface area contributed by atoms with Crippen LogP contribution in [0.5, 0.6) is 0 Å². The number of hydrogen-bond donors (Lipinski definition) is 4. The average Bonchev–Trinajstić information content (AvgIpc) is 3.39. The summed E-state index contributed by atoms with van der Waals surface area (Å²) < 4.78 is 0. The van der Waals surface area contributed by atoms with Gasteiger partial charge in [-0.1, -0.05) is 42.5 Å². The van der Waals surface area contributed by atoms with Crippen molar-refractivity contribution in [2.45, 2.75) is 18.9 Å². The Balaban J connectivity index is 1.33. The van der Waals surface area contributed by atoms with Gasteiger partial charge < -0.3 is 26.7 Å². The van der Waals surface area contributed by atoms with Crippen LogP contribution >= 0.6 is 0 Å². The molecular formula is C27H27N9. The molecule has 1 atom stereocenters. The quantitative estimate of drug-likeness (QED) is 0.275. The topological polar surface area (TPSA) is 135 Å². The van der Waals surface area contributed by atoms with Crippen molar-refractivity contribution in [2.24, 2.45) is 5.73 Å². The van der Waals surface area contributed by atoms with E-state index >= 15 is 0 Å². The maximum atomic E-state index is 6.54. The number of imidazole rings is 1. The molecule has 4 heterocycles. The summed E-state index contributed by atoms with van der Waals surface area (Å²) in [6, 6.07) is 20.2. The predicted molar refractivity (Wildman–Crippen MR) is 144 cm³/mol. The van der Waals surface area contributed by atoms with Crippen molar-refractivity contribution in [1.82, 2.24) is 24.9 Å². The number of pyridine rings is 1. The van der Waals surface area contributed by atoms with Crippen LogP contribution in [0.15, 0.2) is 73.2 Å². The minimum absolute atomic E-state index is 0.187. The van der Waals surface area contributed by atoms with Crippen molar-refractivity contribution in [3.05, 3.63) is 73.2 Å². The number of aromatic amines is 1. The van der Waals surface area contributed by atoms with Gasteiger partial charge in [0.05, 0.1) is 17.7 Å². The number of benzene rings is 2. The summed E-state index contributed by atoms with van der Waals surface area (Å²) in [7, 11) is 0. The van der Waals surface area contributed by atoms with Crippen molar-refractivity contribution in [3.8, 4) is 22.4 Å². The van der Waals surface area contributed by atoms with Gasteiger partial charge in [-0.05, 0) is 36.6 Å². The van der Waals surface area contributed by atoms with Gasteiger partial charge in [-0.25, -0.2) is 15.0 Å². The van der Waals surface area contributed by atoms with Crippen LogP contribution in [0.4, 0.5) is 23.1 Å². The Kier molecular flexibility index (Phi) is 5.67. The van der Waals surface area contributed by atoms with Crippen LogP contribution < -0.4 is 21.7 Å². The third-order valence-electron chi connectivity index (χ3n) is 6.52. The molecule has 2 aromatic carbocycles. The number of aromatic nitrogens is 5. The van der Waals surface area contributed by atoms with Crippen LogP contribution in [0.3, 0.4) is 0 Å². The minimum atomic E-state index is 0.187. The highest BCUT2D eigenvalue weighted by Gasteiger charge is 2.19. The van der Waals surface area contributed by atoms with E-state index < -0.39 is 0 Å². The maximum absolute atomic E-state index is 6.54. The Bertz CT molecular complexity index is 1500. The molecule has 6 N–H and O–H groups in total. The lowest BCUT2D eigenvalue weighted by atomic mass is 10.0. The lowest BCUT2D eigenvalue weighted by Gasteiger charge is -2.31. The van der Waals surface area contributed by atoms with Crippen molar-refractivity contribution in [2.75, 3.05) is 29.0 Å². The molecule has 0 bridgehead atoms. The SMILES string of the molecule is Nc1c(Nc2nc(-c3ccc(N4CCCC(N)C4)nc3)c3nc[nH]c3n2)cccc1-c1ccccc1. The molecule has 0 radical (unpaired) electrons.